The predicted molar refractivity (Wildman–Crippen MR) is 143 cm³/mol. The first-order chi connectivity index (χ1) is 17.9. The van der Waals surface area contributed by atoms with Gasteiger partial charge in [-0.25, -0.2) is 9.37 Å². The lowest BCUT2D eigenvalue weighted by Crippen LogP contribution is -2.26. The van der Waals surface area contributed by atoms with Gasteiger partial charge >= 0.3 is 0 Å². The predicted octanol–water partition coefficient (Wildman–Crippen LogP) is 4.52. The number of nitrogens with zero attached hydrogens (tertiary/aromatic N) is 2. The fraction of sp³-hybridized carbons (Fsp3) is 0.214. The maximum absolute atomic E-state index is 13.8. The van der Waals surface area contributed by atoms with Crippen LogP contribution in [0.15, 0.2) is 76.7 Å². The molecule has 0 atom stereocenters. The number of fused-ring (bicyclic) bond motifs is 1. The number of aromatic nitrogens is 2. The number of halogens is 1. The van der Waals surface area contributed by atoms with E-state index in [1.807, 2.05) is 12.1 Å². The summed E-state index contributed by atoms with van der Waals surface area (Å²) in [5, 5.41) is 6.52. The Labute approximate surface area is 217 Å². The number of para-hydroxylation sites is 1. The zero-order chi connectivity index (χ0) is 25.9. The molecule has 1 saturated carbocycles. The highest BCUT2D eigenvalue weighted by Gasteiger charge is 2.23. The first-order valence-electron chi connectivity index (χ1n) is 12.0. The van der Waals surface area contributed by atoms with Crippen LogP contribution in [-0.2, 0) is 11.3 Å². The van der Waals surface area contributed by atoms with Crippen LogP contribution in [0.25, 0.3) is 10.9 Å². The average molecular weight is 517 g/mol. The third-order valence-electron chi connectivity index (χ3n) is 6.08. The van der Waals surface area contributed by atoms with Gasteiger partial charge in [0, 0.05) is 17.3 Å². The van der Waals surface area contributed by atoms with E-state index in [0.29, 0.717) is 32.9 Å². The molecule has 2 amide bonds. The highest BCUT2D eigenvalue weighted by molar-refractivity contribution is 7.99. The molecule has 0 unspecified atom stereocenters. The molecule has 0 radical (unpaired) electrons. The van der Waals surface area contributed by atoms with Crippen molar-refractivity contribution >= 4 is 40.2 Å². The minimum Gasteiger partial charge on any atom is -0.349 e. The second-order valence-corrected chi connectivity index (χ2v) is 9.99. The summed E-state index contributed by atoms with van der Waals surface area (Å²) in [5.41, 5.74) is 2.57. The third kappa shape index (κ3) is 5.89. The number of aryl methyl sites for hydroxylation is 1. The van der Waals surface area contributed by atoms with Crippen LogP contribution in [0.3, 0.4) is 0 Å². The Bertz CT molecular complexity index is 1550. The fourth-order valence-electron chi connectivity index (χ4n) is 3.84. The fourth-order valence-corrected chi connectivity index (χ4v) is 4.63. The van der Waals surface area contributed by atoms with Gasteiger partial charge < -0.3 is 10.6 Å². The van der Waals surface area contributed by atoms with Gasteiger partial charge in [0.25, 0.3) is 11.5 Å². The molecule has 1 aromatic heterocycles. The average Bonchev–Trinajstić information content (AvgIpc) is 3.71. The maximum atomic E-state index is 13.8. The Kier molecular flexibility index (Phi) is 7.05. The van der Waals surface area contributed by atoms with Gasteiger partial charge in [-0.3, -0.25) is 19.0 Å². The van der Waals surface area contributed by atoms with Crippen LogP contribution < -0.4 is 16.2 Å². The summed E-state index contributed by atoms with van der Waals surface area (Å²) in [4.78, 5) is 42.9. The summed E-state index contributed by atoms with van der Waals surface area (Å²) in [6.07, 6.45) is 2.03. The van der Waals surface area contributed by atoms with E-state index in [1.165, 1.54) is 10.6 Å². The molecular formula is C28H25FN4O3S. The van der Waals surface area contributed by atoms with Crippen molar-refractivity contribution in [2.75, 3.05) is 11.1 Å². The maximum Gasteiger partial charge on any atom is 0.262 e. The number of carbonyl (C=O) groups excluding carboxylic acids is 2. The molecule has 0 saturated heterocycles. The van der Waals surface area contributed by atoms with Gasteiger partial charge in [-0.15, -0.1) is 0 Å². The van der Waals surface area contributed by atoms with E-state index in [0.717, 1.165) is 30.2 Å². The van der Waals surface area contributed by atoms with Gasteiger partial charge in [-0.2, -0.15) is 0 Å². The van der Waals surface area contributed by atoms with Crippen LogP contribution in [0, 0.1) is 12.7 Å². The second-order valence-electron chi connectivity index (χ2n) is 9.05. The van der Waals surface area contributed by atoms with Gasteiger partial charge in [-0.05, 0) is 67.3 Å². The monoisotopic (exact) mass is 516 g/mol. The number of hydrogen-bond acceptors (Lipinski definition) is 5. The standard InChI is InChI=1S/C28H25FN4O3S/c1-17-6-11-21(14-23(17)29)30-25(34)16-37-28-32-24-5-3-2-4-22(24)27(36)33(28)15-18-7-9-19(10-8-18)26(35)31-20-12-13-20/h2-11,14,20H,12-13,15-16H2,1H3,(H,30,34)(H,31,35). The van der Waals surface area contributed by atoms with Crippen molar-refractivity contribution in [3.05, 3.63) is 99.6 Å². The van der Waals surface area contributed by atoms with Gasteiger partial charge in [-0.1, -0.05) is 42.1 Å². The number of anilines is 1. The van der Waals surface area contributed by atoms with E-state index in [9.17, 15) is 18.8 Å². The molecule has 5 rings (SSSR count). The van der Waals surface area contributed by atoms with Crippen LogP contribution in [0.4, 0.5) is 10.1 Å². The number of hydrogen-bond donors (Lipinski definition) is 2. The van der Waals surface area contributed by atoms with Gasteiger partial charge in [0.15, 0.2) is 5.16 Å². The number of rotatable bonds is 8. The van der Waals surface area contributed by atoms with Crippen molar-refractivity contribution in [1.82, 2.24) is 14.9 Å². The first kappa shape index (κ1) is 24.7. The van der Waals surface area contributed by atoms with Gasteiger partial charge in [0.2, 0.25) is 5.91 Å². The quantitative estimate of drug-likeness (QED) is 0.265. The Morgan fingerprint density at radius 3 is 2.57 bits per heavy atom. The lowest BCUT2D eigenvalue weighted by Gasteiger charge is -2.14. The Morgan fingerprint density at radius 2 is 1.84 bits per heavy atom. The molecule has 9 heteroatoms. The van der Waals surface area contributed by atoms with Crippen molar-refractivity contribution in [3.8, 4) is 0 Å². The Balaban J connectivity index is 1.36. The molecule has 0 bridgehead atoms. The molecule has 2 N–H and O–H groups in total. The highest BCUT2D eigenvalue weighted by atomic mass is 32.2. The highest BCUT2D eigenvalue weighted by Crippen LogP contribution is 2.21. The second kappa shape index (κ2) is 10.6. The van der Waals surface area contributed by atoms with Crippen molar-refractivity contribution < 1.29 is 14.0 Å². The van der Waals surface area contributed by atoms with E-state index in [-0.39, 0.29) is 35.7 Å². The number of benzene rings is 3. The summed E-state index contributed by atoms with van der Waals surface area (Å²) >= 11 is 1.13. The molecule has 7 nitrogen and oxygen atoms in total. The zero-order valence-corrected chi connectivity index (χ0v) is 21.0. The van der Waals surface area contributed by atoms with E-state index >= 15 is 0 Å². The Hall–Kier alpha value is -3.98. The molecule has 4 aromatic rings. The number of amides is 2. The molecule has 1 aliphatic rings. The molecule has 1 fully saturated rings. The van der Waals surface area contributed by atoms with Crippen molar-refractivity contribution in [1.29, 1.82) is 0 Å². The minimum absolute atomic E-state index is 0.0133. The summed E-state index contributed by atoms with van der Waals surface area (Å²) in [5.74, 6) is -0.852. The van der Waals surface area contributed by atoms with Crippen LogP contribution in [0.5, 0.6) is 0 Å². The summed E-state index contributed by atoms with van der Waals surface area (Å²) in [6, 6.07) is 19.0. The third-order valence-corrected chi connectivity index (χ3v) is 7.06. The summed E-state index contributed by atoms with van der Waals surface area (Å²) < 4.78 is 15.4. The number of thioether (sulfide) groups is 1. The first-order valence-corrected chi connectivity index (χ1v) is 12.9. The van der Waals surface area contributed by atoms with E-state index in [2.05, 4.69) is 15.6 Å². The number of carbonyl (C=O) groups is 2. The topological polar surface area (TPSA) is 93.1 Å². The molecular weight excluding hydrogens is 491 g/mol. The van der Waals surface area contributed by atoms with Crippen LogP contribution in [0.2, 0.25) is 0 Å². The lowest BCUT2D eigenvalue weighted by atomic mass is 10.1. The largest absolute Gasteiger partial charge is 0.349 e. The van der Waals surface area contributed by atoms with Gasteiger partial charge in [0.1, 0.15) is 5.82 Å². The lowest BCUT2D eigenvalue weighted by molar-refractivity contribution is -0.113. The molecule has 1 heterocycles. The van der Waals surface area contributed by atoms with Crippen molar-refractivity contribution in [2.24, 2.45) is 0 Å². The molecule has 3 aromatic carbocycles. The smallest absolute Gasteiger partial charge is 0.262 e. The van der Waals surface area contributed by atoms with Crippen molar-refractivity contribution in [3.63, 3.8) is 0 Å². The normalized spacial score (nSPS) is 12.9. The minimum atomic E-state index is -0.397. The molecule has 1 aliphatic carbocycles. The van der Waals surface area contributed by atoms with Crippen LogP contribution in [0.1, 0.15) is 34.3 Å². The Morgan fingerprint density at radius 1 is 1.08 bits per heavy atom. The molecule has 188 valence electrons. The summed E-state index contributed by atoms with van der Waals surface area (Å²) in [6.45, 7) is 1.88. The van der Waals surface area contributed by atoms with Gasteiger partial charge in [0.05, 0.1) is 23.2 Å². The zero-order valence-electron chi connectivity index (χ0n) is 20.2. The van der Waals surface area contributed by atoms with Crippen molar-refractivity contribution in [2.45, 2.75) is 37.5 Å². The van der Waals surface area contributed by atoms with E-state index in [4.69, 9.17) is 0 Å². The van der Waals surface area contributed by atoms with Crippen LogP contribution in [-0.4, -0.2) is 33.2 Å². The summed E-state index contributed by atoms with van der Waals surface area (Å²) in [7, 11) is 0. The molecule has 37 heavy (non-hydrogen) atoms. The number of nitrogens with one attached hydrogen (secondary N) is 2. The van der Waals surface area contributed by atoms with E-state index < -0.39 is 5.82 Å². The van der Waals surface area contributed by atoms with E-state index in [1.54, 1.807) is 55.5 Å². The SMILES string of the molecule is Cc1ccc(NC(=O)CSc2nc3ccccc3c(=O)n2Cc2ccc(C(=O)NC3CC3)cc2)cc1F. The molecule has 0 aliphatic heterocycles. The molecule has 0 spiro atoms. The van der Waals surface area contributed by atoms with Crippen LogP contribution >= 0.6 is 11.8 Å².